The Morgan fingerprint density at radius 3 is 2.84 bits per heavy atom. The van der Waals surface area contributed by atoms with Gasteiger partial charge >= 0.3 is 5.97 Å². The van der Waals surface area contributed by atoms with Gasteiger partial charge in [-0.1, -0.05) is 0 Å². The van der Waals surface area contributed by atoms with Gasteiger partial charge in [0.15, 0.2) is 0 Å². The van der Waals surface area contributed by atoms with Gasteiger partial charge in [-0.2, -0.15) is 0 Å². The number of amides is 1. The SMILES string of the molecule is Cc1cc(NC(=O)CC2CCCN2)ccc1C(=O)O. The Balaban J connectivity index is 1.96. The maximum atomic E-state index is 11.8. The molecule has 0 spiro atoms. The third-order valence-electron chi connectivity index (χ3n) is 3.33. The number of aryl methyl sites for hydroxylation is 1. The van der Waals surface area contributed by atoms with Crippen molar-refractivity contribution in [2.24, 2.45) is 0 Å². The van der Waals surface area contributed by atoms with Crippen LogP contribution in [-0.4, -0.2) is 29.6 Å². The van der Waals surface area contributed by atoms with E-state index < -0.39 is 5.97 Å². The molecule has 0 radical (unpaired) electrons. The number of hydrogen-bond donors (Lipinski definition) is 3. The number of benzene rings is 1. The lowest BCUT2D eigenvalue weighted by Gasteiger charge is -2.11. The van der Waals surface area contributed by atoms with E-state index in [1.54, 1.807) is 19.1 Å². The van der Waals surface area contributed by atoms with E-state index in [0.29, 0.717) is 17.7 Å². The molecule has 1 amide bonds. The van der Waals surface area contributed by atoms with Crippen molar-refractivity contribution in [1.29, 1.82) is 0 Å². The molecule has 0 aliphatic carbocycles. The predicted molar refractivity (Wildman–Crippen MR) is 72.4 cm³/mol. The lowest BCUT2D eigenvalue weighted by molar-refractivity contribution is -0.116. The maximum absolute atomic E-state index is 11.8. The summed E-state index contributed by atoms with van der Waals surface area (Å²) >= 11 is 0. The Morgan fingerprint density at radius 2 is 2.26 bits per heavy atom. The summed E-state index contributed by atoms with van der Waals surface area (Å²) in [5, 5.41) is 15.0. The number of carboxylic acid groups (broad SMARTS) is 1. The first-order valence-corrected chi connectivity index (χ1v) is 6.43. The largest absolute Gasteiger partial charge is 0.478 e. The zero-order valence-corrected chi connectivity index (χ0v) is 10.9. The third kappa shape index (κ3) is 3.54. The third-order valence-corrected chi connectivity index (χ3v) is 3.33. The van der Waals surface area contributed by atoms with Crippen LogP contribution in [0.5, 0.6) is 0 Å². The zero-order valence-electron chi connectivity index (χ0n) is 10.9. The van der Waals surface area contributed by atoms with E-state index in [9.17, 15) is 9.59 Å². The van der Waals surface area contributed by atoms with Crippen LogP contribution in [0.3, 0.4) is 0 Å². The van der Waals surface area contributed by atoms with E-state index in [2.05, 4.69) is 10.6 Å². The van der Waals surface area contributed by atoms with Crippen LogP contribution in [0.1, 0.15) is 35.2 Å². The fourth-order valence-electron chi connectivity index (χ4n) is 2.35. The van der Waals surface area contributed by atoms with E-state index in [4.69, 9.17) is 5.11 Å². The van der Waals surface area contributed by atoms with Crippen molar-refractivity contribution in [2.75, 3.05) is 11.9 Å². The molecule has 2 rings (SSSR count). The first-order valence-electron chi connectivity index (χ1n) is 6.43. The molecule has 19 heavy (non-hydrogen) atoms. The summed E-state index contributed by atoms with van der Waals surface area (Å²) in [7, 11) is 0. The summed E-state index contributed by atoms with van der Waals surface area (Å²) < 4.78 is 0. The van der Waals surface area contributed by atoms with Gasteiger partial charge in [0.1, 0.15) is 0 Å². The van der Waals surface area contributed by atoms with Crippen LogP contribution in [0.25, 0.3) is 0 Å². The van der Waals surface area contributed by atoms with Crippen LogP contribution in [0, 0.1) is 6.92 Å². The van der Waals surface area contributed by atoms with E-state index in [-0.39, 0.29) is 17.5 Å². The molecule has 1 aromatic carbocycles. The lowest BCUT2D eigenvalue weighted by atomic mass is 10.1. The predicted octanol–water partition coefficient (Wildman–Crippen LogP) is 1.77. The van der Waals surface area contributed by atoms with Gasteiger partial charge in [0.05, 0.1) is 5.56 Å². The number of carbonyl (C=O) groups is 2. The van der Waals surface area contributed by atoms with Crippen molar-refractivity contribution >= 4 is 17.6 Å². The highest BCUT2D eigenvalue weighted by atomic mass is 16.4. The summed E-state index contributed by atoms with van der Waals surface area (Å²) in [6.07, 6.45) is 2.61. The molecular weight excluding hydrogens is 244 g/mol. The molecular formula is C14H18N2O3. The van der Waals surface area contributed by atoms with Crippen molar-refractivity contribution in [3.05, 3.63) is 29.3 Å². The average Bonchev–Trinajstić information content (AvgIpc) is 2.81. The number of carboxylic acids is 1. The Kier molecular flexibility index (Phi) is 4.16. The molecule has 0 saturated carbocycles. The quantitative estimate of drug-likeness (QED) is 0.772. The highest BCUT2D eigenvalue weighted by molar-refractivity contribution is 5.93. The maximum Gasteiger partial charge on any atom is 0.335 e. The Labute approximate surface area is 112 Å². The number of hydrogen-bond acceptors (Lipinski definition) is 3. The minimum atomic E-state index is -0.953. The molecule has 1 aromatic rings. The second kappa shape index (κ2) is 5.84. The molecule has 0 aromatic heterocycles. The second-order valence-electron chi connectivity index (χ2n) is 4.88. The van der Waals surface area contributed by atoms with Crippen LogP contribution in [-0.2, 0) is 4.79 Å². The standard InChI is InChI=1S/C14H18N2O3/c1-9-7-11(4-5-12(9)14(18)19)16-13(17)8-10-3-2-6-15-10/h4-5,7,10,15H,2-3,6,8H2,1H3,(H,16,17)(H,18,19). The summed E-state index contributed by atoms with van der Waals surface area (Å²) in [5.74, 6) is -0.993. The van der Waals surface area contributed by atoms with E-state index in [1.165, 1.54) is 6.07 Å². The Hall–Kier alpha value is -1.88. The zero-order chi connectivity index (χ0) is 13.8. The molecule has 1 heterocycles. The topological polar surface area (TPSA) is 78.4 Å². The second-order valence-corrected chi connectivity index (χ2v) is 4.88. The first kappa shape index (κ1) is 13.5. The van der Waals surface area contributed by atoms with Crippen molar-refractivity contribution < 1.29 is 14.7 Å². The van der Waals surface area contributed by atoms with Crippen LogP contribution in [0.4, 0.5) is 5.69 Å². The molecule has 1 aliphatic heterocycles. The molecule has 1 unspecified atom stereocenters. The van der Waals surface area contributed by atoms with Crippen LogP contribution in [0.15, 0.2) is 18.2 Å². The van der Waals surface area contributed by atoms with Gasteiger partial charge in [-0.15, -0.1) is 0 Å². The van der Waals surface area contributed by atoms with Gasteiger partial charge in [0.25, 0.3) is 0 Å². The molecule has 0 bridgehead atoms. The van der Waals surface area contributed by atoms with Gasteiger partial charge < -0.3 is 15.7 Å². The highest BCUT2D eigenvalue weighted by Crippen LogP contribution is 2.16. The number of nitrogens with one attached hydrogen (secondary N) is 2. The Morgan fingerprint density at radius 1 is 1.47 bits per heavy atom. The minimum absolute atomic E-state index is 0.0399. The normalized spacial score (nSPS) is 18.3. The van der Waals surface area contributed by atoms with E-state index in [0.717, 1.165) is 19.4 Å². The van der Waals surface area contributed by atoms with Gasteiger partial charge in [0.2, 0.25) is 5.91 Å². The molecule has 3 N–H and O–H groups in total. The molecule has 1 atom stereocenters. The number of rotatable bonds is 4. The molecule has 1 aliphatic rings. The first-order chi connectivity index (χ1) is 9.06. The molecule has 1 fully saturated rings. The number of aromatic carboxylic acids is 1. The summed E-state index contributed by atoms with van der Waals surface area (Å²) in [6.45, 7) is 2.70. The van der Waals surface area contributed by atoms with Gasteiger partial charge in [0, 0.05) is 18.2 Å². The number of anilines is 1. The van der Waals surface area contributed by atoms with Crippen molar-refractivity contribution in [2.45, 2.75) is 32.2 Å². The molecule has 1 saturated heterocycles. The van der Waals surface area contributed by atoms with Gasteiger partial charge in [-0.25, -0.2) is 4.79 Å². The van der Waals surface area contributed by atoms with Crippen LogP contribution < -0.4 is 10.6 Å². The fraction of sp³-hybridized carbons (Fsp3) is 0.429. The van der Waals surface area contributed by atoms with Gasteiger partial charge in [-0.05, 0) is 50.1 Å². The van der Waals surface area contributed by atoms with E-state index >= 15 is 0 Å². The van der Waals surface area contributed by atoms with Crippen molar-refractivity contribution in [1.82, 2.24) is 5.32 Å². The average molecular weight is 262 g/mol. The monoisotopic (exact) mass is 262 g/mol. The molecule has 102 valence electrons. The van der Waals surface area contributed by atoms with Crippen LogP contribution >= 0.6 is 0 Å². The number of carbonyl (C=O) groups excluding carboxylic acids is 1. The van der Waals surface area contributed by atoms with E-state index in [1.807, 2.05) is 0 Å². The van der Waals surface area contributed by atoms with Crippen LogP contribution in [0.2, 0.25) is 0 Å². The van der Waals surface area contributed by atoms with Gasteiger partial charge in [-0.3, -0.25) is 4.79 Å². The lowest BCUT2D eigenvalue weighted by Crippen LogP contribution is -2.27. The molecule has 5 heteroatoms. The Bertz CT molecular complexity index is 493. The van der Waals surface area contributed by atoms with Crippen molar-refractivity contribution in [3.63, 3.8) is 0 Å². The smallest absolute Gasteiger partial charge is 0.335 e. The highest BCUT2D eigenvalue weighted by Gasteiger charge is 2.17. The molecule has 5 nitrogen and oxygen atoms in total. The van der Waals surface area contributed by atoms with Crippen molar-refractivity contribution in [3.8, 4) is 0 Å². The summed E-state index contributed by atoms with van der Waals surface area (Å²) in [4.78, 5) is 22.7. The summed E-state index contributed by atoms with van der Waals surface area (Å²) in [6, 6.07) is 5.08. The fourth-order valence-corrected chi connectivity index (χ4v) is 2.35. The minimum Gasteiger partial charge on any atom is -0.478 e. The summed E-state index contributed by atoms with van der Waals surface area (Å²) in [5.41, 5.74) is 1.55.